The maximum Gasteiger partial charge on any atom is 0.336 e. The second-order valence-electron chi connectivity index (χ2n) is 8.81. The predicted molar refractivity (Wildman–Crippen MR) is 109 cm³/mol. The summed E-state index contributed by atoms with van der Waals surface area (Å²) >= 11 is 0. The van der Waals surface area contributed by atoms with Crippen molar-refractivity contribution in [3.05, 3.63) is 58.7 Å². The molecule has 0 heterocycles. The van der Waals surface area contributed by atoms with Crippen LogP contribution in [-0.2, 0) is 15.6 Å². The van der Waals surface area contributed by atoms with Crippen LogP contribution in [0.4, 0.5) is 0 Å². The molecule has 2 aromatic rings. The van der Waals surface area contributed by atoms with Crippen molar-refractivity contribution in [3.63, 3.8) is 0 Å². The molecule has 4 heteroatoms. The third-order valence-corrected chi connectivity index (χ3v) is 4.48. The van der Waals surface area contributed by atoms with Gasteiger partial charge in [-0.25, -0.2) is 4.79 Å². The minimum atomic E-state index is -1.08. The Morgan fingerprint density at radius 3 is 1.89 bits per heavy atom. The molecule has 2 aromatic carbocycles. The third kappa shape index (κ3) is 4.33. The van der Waals surface area contributed by atoms with Crippen LogP contribution in [0, 0.1) is 0 Å². The van der Waals surface area contributed by atoms with Crippen LogP contribution in [0.2, 0.25) is 0 Å². The molecule has 3 N–H and O–H groups in total. The summed E-state index contributed by atoms with van der Waals surface area (Å²) in [7, 11) is 0. The molecule has 4 nitrogen and oxygen atoms in total. The highest BCUT2D eigenvalue weighted by molar-refractivity contribution is 6.20. The number of aliphatic carboxylic acids is 1. The summed E-state index contributed by atoms with van der Waals surface area (Å²) in [6, 6.07) is 10.5. The van der Waals surface area contributed by atoms with E-state index >= 15 is 0 Å². The van der Waals surface area contributed by atoms with Gasteiger partial charge in [-0.2, -0.15) is 0 Å². The average molecular weight is 368 g/mol. The zero-order valence-electron chi connectivity index (χ0n) is 16.8. The Hall–Kier alpha value is -2.75. The Labute approximate surface area is 160 Å². The van der Waals surface area contributed by atoms with Crippen molar-refractivity contribution in [3.8, 4) is 11.5 Å². The number of phenols is 2. The van der Waals surface area contributed by atoms with Gasteiger partial charge < -0.3 is 15.3 Å². The van der Waals surface area contributed by atoms with Gasteiger partial charge in [0.1, 0.15) is 11.5 Å². The first kappa shape index (κ1) is 20.6. The zero-order chi connectivity index (χ0) is 20.6. The Morgan fingerprint density at radius 1 is 0.889 bits per heavy atom. The van der Waals surface area contributed by atoms with E-state index in [1.807, 2.05) is 47.6 Å². The molecule has 0 amide bonds. The van der Waals surface area contributed by atoms with Crippen molar-refractivity contribution < 1.29 is 20.1 Å². The maximum atomic E-state index is 11.8. The molecule has 0 aliphatic carbocycles. The molecule has 0 spiro atoms. The van der Waals surface area contributed by atoms with Gasteiger partial charge in [0.15, 0.2) is 0 Å². The Kier molecular flexibility index (Phi) is 5.41. The number of carboxylic acid groups (broad SMARTS) is 1. The Balaban J connectivity index is 2.85. The van der Waals surface area contributed by atoms with Crippen LogP contribution in [0.1, 0.15) is 63.8 Å². The van der Waals surface area contributed by atoms with Crippen LogP contribution in [-0.4, -0.2) is 21.3 Å². The molecule has 0 aromatic heterocycles. The maximum absolute atomic E-state index is 11.8. The molecule has 0 saturated heterocycles. The minimum Gasteiger partial charge on any atom is -0.507 e. The first-order valence-corrected chi connectivity index (χ1v) is 8.94. The van der Waals surface area contributed by atoms with Crippen LogP contribution in [0.3, 0.4) is 0 Å². The molecule has 0 atom stereocenters. The summed E-state index contributed by atoms with van der Waals surface area (Å²) in [5.41, 5.74) is 1.19. The second-order valence-corrected chi connectivity index (χ2v) is 8.81. The van der Waals surface area contributed by atoms with E-state index in [1.54, 1.807) is 30.3 Å². The van der Waals surface area contributed by atoms with Gasteiger partial charge >= 0.3 is 5.97 Å². The van der Waals surface area contributed by atoms with Crippen molar-refractivity contribution in [2.45, 2.75) is 52.4 Å². The number of hydrogen-bond donors (Lipinski definition) is 3. The highest BCUT2D eigenvalue weighted by Gasteiger charge is 2.30. The second kappa shape index (κ2) is 7.10. The number of hydrogen-bond acceptors (Lipinski definition) is 3. The van der Waals surface area contributed by atoms with Crippen LogP contribution in [0.25, 0.3) is 11.6 Å². The van der Waals surface area contributed by atoms with E-state index in [9.17, 15) is 20.1 Å². The predicted octanol–water partition coefficient (Wildman–Crippen LogP) is 5.32. The van der Waals surface area contributed by atoms with E-state index < -0.39 is 11.4 Å². The minimum absolute atomic E-state index is 0.0567. The molecule has 0 aliphatic rings. The molecule has 0 aliphatic heterocycles. The lowest BCUT2D eigenvalue weighted by molar-refractivity contribution is -0.130. The van der Waals surface area contributed by atoms with Crippen LogP contribution < -0.4 is 0 Å². The fraction of sp³-hybridized carbons (Fsp3) is 0.348. The fourth-order valence-corrected chi connectivity index (χ4v) is 3.12. The lowest BCUT2D eigenvalue weighted by Gasteiger charge is -2.29. The SMILES string of the molecule is CC(C)(C)c1cc(C=C(C(=O)O)c2ccccc2)c(O)c(C(C)(C)C)c1O. The molecule has 2 rings (SSSR count). The molecule has 0 radical (unpaired) electrons. The number of aromatic hydroxyl groups is 2. The Bertz CT molecular complexity index is 879. The summed E-state index contributed by atoms with van der Waals surface area (Å²) in [4.78, 5) is 11.8. The van der Waals surface area contributed by atoms with E-state index in [-0.39, 0.29) is 22.5 Å². The lowest BCUT2D eigenvalue weighted by Crippen LogP contribution is -2.18. The molecule has 0 saturated carbocycles. The summed E-state index contributed by atoms with van der Waals surface area (Å²) < 4.78 is 0. The fourth-order valence-electron chi connectivity index (χ4n) is 3.12. The first-order valence-electron chi connectivity index (χ1n) is 8.94. The van der Waals surface area contributed by atoms with Gasteiger partial charge in [-0.05, 0) is 28.5 Å². The monoisotopic (exact) mass is 368 g/mol. The summed E-state index contributed by atoms with van der Waals surface area (Å²) in [6.07, 6.45) is 1.47. The number of phenolic OH excluding ortho intramolecular Hbond substituents is 2. The van der Waals surface area contributed by atoms with E-state index in [1.165, 1.54) is 6.08 Å². The van der Waals surface area contributed by atoms with Gasteiger partial charge in [-0.15, -0.1) is 0 Å². The largest absolute Gasteiger partial charge is 0.507 e. The van der Waals surface area contributed by atoms with E-state index in [4.69, 9.17) is 0 Å². The topological polar surface area (TPSA) is 77.8 Å². The number of carbonyl (C=O) groups is 1. The van der Waals surface area contributed by atoms with E-state index in [0.717, 1.165) is 0 Å². The number of carboxylic acids is 1. The standard InChI is InChI=1S/C23H28O4/c1-22(2,3)17-13-15(19(24)18(20(17)25)23(4,5)6)12-16(21(26)27)14-10-8-7-9-11-14/h7-13,24-25H,1-6H3,(H,26,27). The van der Waals surface area contributed by atoms with Gasteiger partial charge in [0, 0.05) is 16.7 Å². The van der Waals surface area contributed by atoms with Crippen molar-refractivity contribution in [2.24, 2.45) is 0 Å². The van der Waals surface area contributed by atoms with Gasteiger partial charge in [0.05, 0.1) is 5.57 Å². The van der Waals surface area contributed by atoms with Gasteiger partial charge in [0.25, 0.3) is 0 Å². The number of benzene rings is 2. The molecule has 27 heavy (non-hydrogen) atoms. The van der Waals surface area contributed by atoms with E-state index in [0.29, 0.717) is 22.3 Å². The van der Waals surface area contributed by atoms with Crippen LogP contribution >= 0.6 is 0 Å². The molecule has 144 valence electrons. The number of rotatable bonds is 3. The quantitative estimate of drug-likeness (QED) is 0.506. The van der Waals surface area contributed by atoms with Gasteiger partial charge in [0.2, 0.25) is 0 Å². The molecule has 0 bridgehead atoms. The average Bonchev–Trinajstić information content (AvgIpc) is 2.52. The normalized spacial score (nSPS) is 12.9. The first-order chi connectivity index (χ1) is 12.3. The van der Waals surface area contributed by atoms with Gasteiger partial charge in [-0.3, -0.25) is 0 Å². The smallest absolute Gasteiger partial charge is 0.336 e. The van der Waals surface area contributed by atoms with Crippen molar-refractivity contribution in [1.29, 1.82) is 0 Å². The van der Waals surface area contributed by atoms with Crippen molar-refractivity contribution in [2.75, 3.05) is 0 Å². The van der Waals surface area contributed by atoms with Gasteiger partial charge in [-0.1, -0.05) is 71.9 Å². The molecular weight excluding hydrogens is 340 g/mol. The highest BCUT2D eigenvalue weighted by atomic mass is 16.4. The third-order valence-electron chi connectivity index (χ3n) is 4.48. The summed E-state index contributed by atoms with van der Waals surface area (Å²) in [6.45, 7) is 11.6. The summed E-state index contributed by atoms with van der Waals surface area (Å²) in [5.74, 6) is -1.12. The van der Waals surface area contributed by atoms with Crippen molar-refractivity contribution in [1.82, 2.24) is 0 Å². The summed E-state index contributed by atoms with van der Waals surface area (Å²) in [5, 5.41) is 31.4. The molecular formula is C23H28O4. The van der Waals surface area contributed by atoms with Crippen molar-refractivity contribution >= 4 is 17.6 Å². The van der Waals surface area contributed by atoms with Crippen LogP contribution in [0.5, 0.6) is 11.5 Å². The Morgan fingerprint density at radius 2 is 1.44 bits per heavy atom. The molecule has 0 fully saturated rings. The van der Waals surface area contributed by atoms with Crippen LogP contribution in [0.15, 0.2) is 36.4 Å². The van der Waals surface area contributed by atoms with E-state index in [2.05, 4.69) is 0 Å². The lowest BCUT2D eigenvalue weighted by atomic mass is 9.77. The highest BCUT2D eigenvalue weighted by Crippen LogP contribution is 2.46. The zero-order valence-corrected chi connectivity index (χ0v) is 16.8. The molecule has 0 unspecified atom stereocenters.